The molecule has 0 aromatic heterocycles. The summed E-state index contributed by atoms with van der Waals surface area (Å²) in [6, 6.07) is 6.66. The second kappa shape index (κ2) is 8.83. The second-order valence-corrected chi connectivity index (χ2v) is 7.32. The molecule has 2 amide bonds. The lowest BCUT2D eigenvalue weighted by Gasteiger charge is -2.32. The first-order valence-electron chi connectivity index (χ1n) is 9.64. The van der Waals surface area contributed by atoms with E-state index in [2.05, 4.69) is 10.9 Å². The van der Waals surface area contributed by atoms with Gasteiger partial charge >= 0.3 is 0 Å². The van der Waals surface area contributed by atoms with Crippen molar-refractivity contribution in [3.05, 3.63) is 34.4 Å². The second-order valence-electron chi connectivity index (χ2n) is 7.32. The van der Waals surface area contributed by atoms with Crippen LogP contribution >= 0.6 is 0 Å². The molecule has 1 heterocycles. The number of nitrogens with zero attached hydrogens (tertiary/aromatic N) is 2. The Hall–Kier alpha value is -2.64. The van der Waals surface area contributed by atoms with Gasteiger partial charge in [-0.1, -0.05) is 31.4 Å². The minimum absolute atomic E-state index is 0.000438. The predicted octanol–water partition coefficient (Wildman–Crippen LogP) is 2.54. The third kappa shape index (κ3) is 4.75. The van der Waals surface area contributed by atoms with Gasteiger partial charge in [0.15, 0.2) is 0 Å². The van der Waals surface area contributed by atoms with Gasteiger partial charge in [0.05, 0.1) is 4.92 Å². The van der Waals surface area contributed by atoms with Crippen molar-refractivity contribution in [1.82, 2.24) is 10.9 Å². The van der Waals surface area contributed by atoms with Crippen LogP contribution in [0.1, 0.15) is 44.9 Å². The molecule has 0 spiro atoms. The number of nitro benzene ring substituents is 1. The molecule has 1 aromatic rings. The first-order valence-corrected chi connectivity index (χ1v) is 9.64. The molecule has 2 aliphatic rings. The molecule has 0 atom stereocenters. The lowest BCUT2D eigenvalue weighted by atomic mass is 9.89. The Kier molecular flexibility index (Phi) is 6.26. The number of nitrogens with one attached hydrogen (secondary N) is 2. The van der Waals surface area contributed by atoms with Gasteiger partial charge in [0.25, 0.3) is 5.69 Å². The van der Waals surface area contributed by atoms with Gasteiger partial charge in [-0.05, 0) is 31.7 Å². The summed E-state index contributed by atoms with van der Waals surface area (Å²) in [5, 5.41) is 11.2. The lowest BCUT2D eigenvalue weighted by molar-refractivity contribution is -0.384. The van der Waals surface area contributed by atoms with Crippen molar-refractivity contribution in [3.8, 4) is 0 Å². The number of hydrogen-bond acceptors (Lipinski definition) is 5. The van der Waals surface area contributed by atoms with Crippen LogP contribution in [0.25, 0.3) is 0 Å². The van der Waals surface area contributed by atoms with Crippen LogP contribution in [0.15, 0.2) is 24.3 Å². The Labute approximate surface area is 158 Å². The van der Waals surface area contributed by atoms with Crippen LogP contribution in [0.5, 0.6) is 0 Å². The molecule has 1 saturated heterocycles. The highest BCUT2D eigenvalue weighted by atomic mass is 16.6. The van der Waals surface area contributed by atoms with Crippen molar-refractivity contribution in [2.45, 2.75) is 44.9 Å². The number of nitro groups is 1. The minimum Gasteiger partial charge on any atom is -0.366 e. The van der Waals surface area contributed by atoms with Crippen LogP contribution < -0.4 is 15.8 Å². The van der Waals surface area contributed by atoms with Gasteiger partial charge in [0, 0.05) is 31.0 Å². The normalized spacial score (nSPS) is 18.7. The van der Waals surface area contributed by atoms with Crippen LogP contribution in [0.2, 0.25) is 0 Å². The van der Waals surface area contributed by atoms with Crippen molar-refractivity contribution in [1.29, 1.82) is 0 Å². The molecule has 0 radical (unpaired) electrons. The Balaban J connectivity index is 1.48. The van der Waals surface area contributed by atoms with Crippen LogP contribution in [-0.4, -0.2) is 29.8 Å². The molecule has 1 aliphatic carbocycles. The van der Waals surface area contributed by atoms with Gasteiger partial charge in [0.1, 0.15) is 5.69 Å². The molecule has 146 valence electrons. The minimum atomic E-state index is -0.380. The standard InChI is InChI=1S/C19H26N4O4/c24-18(14-6-2-1-3-7-14)20-21-19(25)15-10-12-22(13-11-15)16-8-4-5-9-17(16)23(26)27/h4-5,8-9,14-15H,1-3,6-7,10-13H2,(H,20,24)(H,21,25). The highest BCUT2D eigenvalue weighted by Gasteiger charge is 2.29. The van der Waals surface area contributed by atoms with Crippen LogP contribution in [0.4, 0.5) is 11.4 Å². The van der Waals surface area contributed by atoms with E-state index in [1.807, 2.05) is 4.90 Å². The van der Waals surface area contributed by atoms with Crippen molar-refractivity contribution in [2.24, 2.45) is 11.8 Å². The summed E-state index contributed by atoms with van der Waals surface area (Å²) < 4.78 is 0. The van der Waals surface area contributed by atoms with E-state index < -0.39 is 0 Å². The fraction of sp³-hybridized carbons (Fsp3) is 0.579. The average molecular weight is 374 g/mol. The van der Waals surface area contributed by atoms with Gasteiger partial charge in [-0.15, -0.1) is 0 Å². The van der Waals surface area contributed by atoms with E-state index in [0.29, 0.717) is 31.6 Å². The molecule has 27 heavy (non-hydrogen) atoms. The number of rotatable bonds is 4. The Morgan fingerprint density at radius 1 is 0.926 bits per heavy atom. The predicted molar refractivity (Wildman–Crippen MR) is 101 cm³/mol. The number of hydrazine groups is 1. The van der Waals surface area contributed by atoms with E-state index in [1.54, 1.807) is 18.2 Å². The number of carbonyl (C=O) groups excluding carboxylic acids is 2. The van der Waals surface area contributed by atoms with Crippen LogP contribution in [0.3, 0.4) is 0 Å². The SMILES string of the molecule is O=C(NNC(=O)C1CCN(c2ccccc2[N+](=O)[O-])CC1)C1CCCCC1. The van der Waals surface area contributed by atoms with E-state index in [1.165, 1.54) is 12.5 Å². The molecule has 0 bridgehead atoms. The van der Waals surface area contributed by atoms with E-state index in [-0.39, 0.29) is 34.3 Å². The lowest BCUT2D eigenvalue weighted by Crippen LogP contribution is -2.49. The summed E-state index contributed by atoms with van der Waals surface area (Å²) in [4.78, 5) is 37.2. The zero-order valence-corrected chi connectivity index (χ0v) is 15.4. The molecule has 2 fully saturated rings. The van der Waals surface area contributed by atoms with Gasteiger partial charge in [-0.25, -0.2) is 0 Å². The summed E-state index contributed by atoms with van der Waals surface area (Å²) in [6.07, 6.45) is 6.26. The number of carbonyl (C=O) groups is 2. The number of anilines is 1. The van der Waals surface area contributed by atoms with Gasteiger partial charge < -0.3 is 4.90 Å². The Morgan fingerprint density at radius 2 is 1.48 bits per heavy atom. The Morgan fingerprint density at radius 3 is 2.07 bits per heavy atom. The fourth-order valence-corrected chi connectivity index (χ4v) is 3.96. The van der Waals surface area contributed by atoms with Crippen molar-refractivity contribution in [2.75, 3.05) is 18.0 Å². The van der Waals surface area contributed by atoms with E-state index in [0.717, 1.165) is 25.7 Å². The average Bonchev–Trinajstić information content (AvgIpc) is 2.72. The maximum Gasteiger partial charge on any atom is 0.292 e. The first kappa shape index (κ1) is 19.1. The van der Waals surface area contributed by atoms with Gasteiger partial charge in [-0.3, -0.25) is 30.6 Å². The van der Waals surface area contributed by atoms with E-state index >= 15 is 0 Å². The van der Waals surface area contributed by atoms with Crippen molar-refractivity contribution >= 4 is 23.2 Å². The molecular formula is C19H26N4O4. The summed E-state index contributed by atoms with van der Waals surface area (Å²) in [5.74, 6) is -0.475. The number of hydrogen-bond donors (Lipinski definition) is 2. The molecule has 1 aliphatic heterocycles. The van der Waals surface area contributed by atoms with E-state index in [4.69, 9.17) is 0 Å². The summed E-state index contributed by atoms with van der Waals surface area (Å²) in [7, 11) is 0. The van der Waals surface area contributed by atoms with Crippen molar-refractivity contribution < 1.29 is 14.5 Å². The fourth-order valence-electron chi connectivity index (χ4n) is 3.96. The smallest absolute Gasteiger partial charge is 0.292 e. The largest absolute Gasteiger partial charge is 0.366 e. The highest BCUT2D eigenvalue weighted by molar-refractivity contribution is 5.84. The summed E-state index contributed by atoms with van der Waals surface area (Å²) in [6.45, 7) is 1.14. The molecule has 0 unspecified atom stereocenters. The maximum atomic E-state index is 12.4. The maximum absolute atomic E-state index is 12.4. The third-order valence-electron chi connectivity index (χ3n) is 5.57. The highest BCUT2D eigenvalue weighted by Crippen LogP contribution is 2.31. The van der Waals surface area contributed by atoms with Crippen LogP contribution in [0, 0.1) is 22.0 Å². The molecule has 8 heteroatoms. The topological polar surface area (TPSA) is 105 Å². The van der Waals surface area contributed by atoms with Gasteiger partial charge in [0.2, 0.25) is 11.8 Å². The molecule has 2 N–H and O–H groups in total. The Bertz CT molecular complexity index is 695. The number of piperidine rings is 1. The molecule has 1 aromatic carbocycles. The third-order valence-corrected chi connectivity index (χ3v) is 5.57. The first-order chi connectivity index (χ1) is 13.1. The monoisotopic (exact) mass is 374 g/mol. The van der Waals surface area contributed by atoms with Crippen molar-refractivity contribution in [3.63, 3.8) is 0 Å². The zero-order valence-electron chi connectivity index (χ0n) is 15.4. The molecular weight excluding hydrogens is 348 g/mol. The molecule has 3 rings (SSSR count). The number of amides is 2. The van der Waals surface area contributed by atoms with Gasteiger partial charge in [-0.2, -0.15) is 0 Å². The molecule has 8 nitrogen and oxygen atoms in total. The summed E-state index contributed by atoms with van der Waals surface area (Å²) >= 11 is 0. The van der Waals surface area contributed by atoms with Crippen LogP contribution in [-0.2, 0) is 9.59 Å². The van der Waals surface area contributed by atoms with E-state index in [9.17, 15) is 19.7 Å². The quantitative estimate of drug-likeness (QED) is 0.622. The molecule has 1 saturated carbocycles. The number of para-hydroxylation sites is 2. The number of benzene rings is 1. The summed E-state index contributed by atoms with van der Waals surface area (Å²) in [5.41, 5.74) is 5.82. The zero-order chi connectivity index (χ0) is 19.2.